The standard InChI is InChI=1S/C22H27NO3/c1-4-19(16-9-7-6-8-10-16)22(24)23-14-18-13-21-17(11-15(3)26-21)12-20(18)25-5-2/h6-10,12-13,15,19H,4-5,11,14H2,1-3H3,(H,23,24)/t15-,19-/m1/s1. The van der Waals surface area contributed by atoms with E-state index in [1.54, 1.807) is 0 Å². The van der Waals surface area contributed by atoms with Gasteiger partial charge >= 0.3 is 0 Å². The third-order valence-corrected chi connectivity index (χ3v) is 4.76. The molecule has 2 aromatic carbocycles. The Bertz CT molecular complexity index is 757. The van der Waals surface area contributed by atoms with E-state index in [4.69, 9.17) is 9.47 Å². The van der Waals surface area contributed by atoms with Crippen LogP contribution in [0.25, 0.3) is 0 Å². The number of hydrogen-bond acceptors (Lipinski definition) is 3. The van der Waals surface area contributed by atoms with Gasteiger partial charge in [-0.15, -0.1) is 0 Å². The van der Waals surface area contributed by atoms with Gasteiger partial charge in [-0.25, -0.2) is 0 Å². The van der Waals surface area contributed by atoms with Crippen LogP contribution in [0, 0.1) is 0 Å². The van der Waals surface area contributed by atoms with Gasteiger partial charge in [0.15, 0.2) is 0 Å². The number of rotatable bonds is 7. The Morgan fingerprint density at radius 1 is 1.27 bits per heavy atom. The molecule has 1 heterocycles. The Labute approximate surface area is 155 Å². The molecule has 4 nitrogen and oxygen atoms in total. The molecule has 0 saturated carbocycles. The molecule has 0 unspecified atom stereocenters. The summed E-state index contributed by atoms with van der Waals surface area (Å²) in [5.41, 5.74) is 3.17. The summed E-state index contributed by atoms with van der Waals surface area (Å²) < 4.78 is 11.7. The summed E-state index contributed by atoms with van der Waals surface area (Å²) in [4.78, 5) is 12.7. The summed E-state index contributed by atoms with van der Waals surface area (Å²) in [5.74, 6) is 1.63. The minimum atomic E-state index is -0.141. The Balaban J connectivity index is 1.74. The smallest absolute Gasteiger partial charge is 0.227 e. The molecular formula is C22H27NO3. The van der Waals surface area contributed by atoms with Crippen molar-refractivity contribution in [3.8, 4) is 11.5 Å². The molecule has 2 aromatic rings. The molecule has 0 radical (unpaired) electrons. The quantitative estimate of drug-likeness (QED) is 0.811. The van der Waals surface area contributed by atoms with Crippen LogP contribution in [0.3, 0.4) is 0 Å². The lowest BCUT2D eigenvalue weighted by Crippen LogP contribution is -2.29. The van der Waals surface area contributed by atoms with Crippen molar-refractivity contribution in [1.29, 1.82) is 0 Å². The maximum Gasteiger partial charge on any atom is 0.227 e. The fourth-order valence-corrected chi connectivity index (χ4v) is 3.47. The van der Waals surface area contributed by atoms with Gasteiger partial charge in [0, 0.05) is 24.1 Å². The molecule has 0 fully saturated rings. The fraction of sp³-hybridized carbons (Fsp3) is 0.409. The van der Waals surface area contributed by atoms with Crippen LogP contribution in [-0.4, -0.2) is 18.6 Å². The van der Waals surface area contributed by atoms with Gasteiger partial charge < -0.3 is 14.8 Å². The first-order chi connectivity index (χ1) is 12.6. The molecule has 1 N–H and O–H groups in total. The van der Waals surface area contributed by atoms with E-state index in [0.29, 0.717) is 13.2 Å². The minimum absolute atomic E-state index is 0.0379. The van der Waals surface area contributed by atoms with Gasteiger partial charge in [0.2, 0.25) is 5.91 Å². The van der Waals surface area contributed by atoms with E-state index in [0.717, 1.165) is 35.5 Å². The largest absolute Gasteiger partial charge is 0.494 e. The molecule has 2 atom stereocenters. The van der Waals surface area contributed by atoms with Crippen LogP contribution in [0.5, 0.6) is 11.5 Å². The molecule has 0 spiro atoms. The maximum atomic E-state index is 12.7. The first kappa shape index (κ1) is 18.3. The van der Waals surface area contributed by atoms with Crippen LogP contribution in [0.2, 0.25) is 0 Å². The van der Waals surface area contributed by atoms with Gasteiger partial charge in [-0.1, -0.05) is 37.3 Å². The van der Waals surface area contributed by atoms with Gasteiger partial charge in [0.1, 0.15) is 17.6 Å². The number of hydrogen-bond donors (Lipinski definition) is 1. The molecule has 0 saturated heterocycles. The molecule has 1 aliphatic heterocycles. The number of ether oxygens (including phenoxy) is 2. The first-order valence-electron chi connectivity index (χ1n) is 9.40. The molecule has 0 aromatic heterocycles. The SMILES string of the molecule is CCOc1cc2c(cc1CNC(=O)[C@H](CC)c1ccccc1)O[C@H](C)C2. The molecule has 1 aliphatic rings. The number of benzene rings is 2. The Kier molecular flexibility index (Phi) is 5.82. The number of carbonyl (C=O) groups is 1. The van der Waals surface area contributed by atoms with Crippen molar-refractivity contribution in [2.24, 2.45) is 0 Å². The van der Waals surface area contributed by atoms with Crippen molar-refractivity contribution in [3.05, 3.63) is 59.2 Å². The Morgan fingerprint density at radius 2 is 2.04 bits per heavy atom. The first-order valence-corrected chi connectivity index (χ1v) is 9.40. The summed E-state index contributed by atoms with van der Waals surface area (Å²) in [6.07, 6.45) is 1.85. The van der Waals surface area contributed by atoms with Gasteiger partial charge in [-0.3, -0.25) is 4.79 Å². The predicted molar refractivity (Wildman–Crippen MR) is 103 cm³/mol. The highest BCUT2D eigenvalue weighted by Crippen LogP contribution is 2.35. The second kappa shape index (κ2) is 8.26. The summed E-state index contributed by atoms with van der Waals surface area (Å²) in [6, 6.07) is 14.0. The van der Waals surface area contributed by atoms with Gasteiger partial charge in [0.05, 0.1) is 12.5 Å². The van der Waals surface area contributed by atoms with E-state index in [1.807, 2.05) is 50.2 Å². The molecule has 1 amide bonds. The van der Waals surface area contributed by atoms with Crippen molar-refractivity contribution in [1.82, 2.24) is 5.32 Å². The van der Waals surface area contributed by atoms with Gasteiger partial charge in [-0.05, 0) is 38.0 Å². The van der Waals surface area contributed by atoms with Crippen LogP contribution in [0.4, 0.5) is 0 Å². The van der Waals surface area contributed by atoms with E-state index in [9.17, 15) is 4.79 Å². The number of fused-ring (bicyclic) bond motifs is 1. The number of nitrogens with one attached hydrogen (secondary N) is 1. The molecule has 26 heavy (non-hydrogen) atoms. The molecular weight excluding hydrogens is 326 g/mol. The monoisotopic (exact) mass is 353 g/mol. The van der Waals surface area contributed by atoms with Crippen molar-refractivity contribution in [2.75, 3.05) is 6.61 Å². The average molecular weight is 353 g/mol. The molecule has 138 valence electrons. The van der Waals surface area contributed by atoms with E-state index in [1.165, 1.54) is 5.56 Å². The average Bonchev–Trinajstić information content (AvgIpc) is 3.00. The highest BCUT2D eigenvalue weighted by Gasteiger charge is 2.23. The molecule has 4 heteroatoms. The second-order valence-corrected chi connectivity index (χ2v) is 6.72. The third-order valence-electron chi connectivity index (χ3n) is 4.76. The maximum absolute atomic E-state index is 12.7. The van der Waals surface area contributed by atoms with Crippen molar-refractivity contribution >= 4 is 5.91 Å². The normalized spacial score (nSPS) is 16.5. The van der Waals surface area contributed by atoms with Gasteiger partial charge in [-0.2, -0.15) is 0 Å². The van der Waals surface area contributed by atoms with Crippen LogP contribution in [-0.2, 0) is 17.8 Å². The van der Waals surface area contributed by atoms with Crippen molar-refractivity contribution < 1.29 is 14.3 Å². The van der Waals surface area contributed by atoms with E-state index < -0.39 is 0 Å². The zero-order valence-electron chi connectivity index (χ0n) is 15.7. The number of amides is 1. The van der Waals surface area contributed by atoms with Gasteiger partial charge in [0.25, 0.3) is 0 Å². The highest BCUT2D eigenvalue weighted by atomic mass is 16.5. The zero-order valence-corrected chi connectivity index (χ0v) is 15.7. The second-order valence-electron chi connectivity index (χ2n) is 6.72. The van der Waals surface area contributed by atoms with Crippen LogP contribution in [0.1, 0.15) is 49.8 Å². The fourth-order valence-electron chi connectivity index (χ4n) is 3.47. The zero-order chi connectivity index (χ0) is 18.5. The molecule has 0 bridgehead atoms. The Hall–Kier alpha value is -2.49. The van der Waals surface area contributed by atoms with E-state index >= 15 is 0 Å². The topological polar surface area (TPSA) is 47.6 Å². The molecule has 0 aliphatic carbocycles. The molecule has 3 rings (SSSR count). The summed E-state index contributed by atoms with van der Waals surface area (Å²) in [7, 11) is 0. The predicted octanol–water partition coefficient (Wildman–Crippen LogP) is 4.22. The number of carbonyl (C=O) groups excluding carboxylic acids is 1. The van der Waals surface area contributed by atoms with Crippen molar-refractivity contribution in [3.63, 3.8) is 0 Å². The van der Waals surface area contributed by atoms with Crippen LogP contribution in [0.15, 0.2) is 42.5 Å². The van der Waals surface area contributed by atoms with E-state index in [-0.39, 0.29) is 17.9 Å². The minimum Gasteiger partial charge on any atom is -0.494 e. The van der Waals surface area contributed by atoms with Crippen molar-refractivity contribution in [2.45, 2.75) is 52.2 Å². The Morgan fingerprint density at radius 3 is 2.73 bits per heavy atom. The summed E-state index contributed by atoms with van der Waals surface area (Å²) in [6.45, 7) is 7.10. The van der Waals surface area contributed by atoms with Crippen LogP contribution >= 0.6 is 0 Å². The summed E-state index contributed by atoms with van der Waals surface area (Å²) in [5, 5.41) is 3.08. The summed E-state index contributed by atoms with van der Waals surface area (Å²) >= 11 is 0. The lowest BCUT2D eigenvalue weighted by atomic mass is 9.95. The lowest BCUT2D eigenvalue weighted by molar-refractivity contribution is -0.122. The van der Waals surface area contributed by atoms with E-state index in [2.05, 4.69) is 18.3 Å². The van der Waals surface area contributed by atoms with Crippen LogP contribution < -0.4 is 14.8 Å². The highest BCUT2D eigenvalue weighted by molar-refractivity contribution is 5.83. The lowest BCUT2D eigenvalue weighted by Gasteiger charge is -2.17. The third kappa shape index (κ3) is 4.01.